The molecule has 0 fully saturated rings. The lowest BCUT2D eigenvalue weighted by Crippen LogP contribution is -2.16. The Bertz CT molecular complexity index is 632. The third kappa shape index (κ3) is 1.90. The van der Waals surface area contributed by atoms with Crippen molar-refractivity contribution in [3.05, 3.63) is 22.7 Å². The lowest BCUT2D eigenvalue weighted by molar-refractivity contribution is 0.170. The molecular formula is C13H14ClN3O2. The quantitative estimate of drug-likeness (QED) is 0.871. The molecule has 0 atom stereocenters. The number of nitrogens with two attached hydrogens (primary N) is 1. The summed E-state index contributed by atoms with van der Waals surface area (Å²) >= 11 is 6.40. The topological polar surface area (TPSA) is 62.3 Å². The van der Waals surface area contributed by atoms with Gasteiger partial charge in [-0.1, -0.05) is 11.6 Å². The molecule has 0 bridgehead atoms. The molecule has 5 nitrogen and oxygen atoms in total. The predicted octanol–water partition coefficient (Wildman–Crippen LogP) is 2.40. The number of hydrogen-bond donors (Lipinski definition) is 1. The number of fused-ring (bicyclic) bond motifs is 1. The first-order chi connectivity index (χ1) is 9.08. The van der Waals surface area contributed by atoms with E-state index in [1.807, 2.05) is 13.0 Å². The molecule has 1 aromatic heterocycles. The third-order valence-electron chi connectivity index (χ3n) is 3.18. The SMILES string of the molecule is Cc1c(Cl)c(-c2cc(N)n(C)n2)cc2c1OCCO2. The van der Waals surface area contributed by atoms with Crippen LogP contribution in [0.25, 0.3) is 11.3 Å². The van der Waals surface area contributed by atoms with Crippen LogP contribution in [0, 0.1) is 6.92 Å². The summed E-state index contributed by atoms with van der Waals surface area (Å²) in [5.41, 5.74) is 8.19. The van der Waals surface area contributed by atoms with Gasteiger partial charge in [0.1, 0.15) is 19.0 Å². The van der Waals surface area contributed by atoms with Gasteiger partial charge in [-0.25, -0.2) is 0 Å². The molecular weight excluding hydrogens is 266 g/mol. The largest absolute Gasteiger partial charge is 0.486 e. The van der Waals surface area contributed by atoms with Gasteiger partial charge in [0, 0.05) is 24.2 Å². The number of rotatable bonds is 1. The molecule has 0 unspecified atom stereocenters. The predicted molar refractivity (Wildman–Crippen MR) is 73.8 cm³/mol. The van der Waals surface area contributed by atoms with E-state index in [-0.39, 0.29) is 0 Å². The second-order valence-electron chi connectivity index (χ2n) is 4.47. The molecule has 6 heteroatoms. The number of nitrogen functional groups attached to an aromatic ring is 1. The molecule has 2 heterocycles. The van der Waals surface area contributed by atoms with Gasteiger partial charge >= 0.3 is 0 Å². The number of aromatic nitrogens is 2. The number of hydrogen-bond acceptors (Lipinski definition) is 4. The van der Waals surface area contributed by atoms with E-state index >= 15 is 0 Å². The van der Waals surface area contributed by atoms with Gasteiger partial charge in [0.15, 0.2) is 11.5 Å². The van der Waals surface area contributed by atoms with Gasteiger partial charge in [0.2, 0.25) is 0 Å². The molecule has 0 saturated carbocycles. The molecule has 1 aromatic carbocycles. The lowest BCUT2D eigenvalue weighted by Gasteiger charge is -2.22. The van der Waals surface area contributed by atoms with Crippen molar-refractivity contribution < 1.29 is 9.47 Å². The number of halogens is 1. The average Bonchev–Trinajstić information content (AvgIpc) is 2.74. The molecule has 0 radical (unpaired) electrons. The average molecular weight is 280 g/mol. The van der Waals surface area contributed by atoms with Crippen molar-refractivity contribution in [1.29, 1.82) is 0 Å². The van der Waals surface area contributed by atoms with E-state index in [1.54, 1.807) is 17.8 Å². The smallest absolute Gasteiger partial charge is 0.165 e. The first kappa shape index (κ1) is 12.2. The minimum Gasteiger partial charge on any atom is -0.486 e. The Morgan fingerprint density at radius 3 is 2.74 bits per heavy atom. The van der Waals surface area contributed by atoms with Crippen LogP contribution >= 0.6 is 11.6 Å². The van der Waals surface area contributed by atoms with E-state index in [0.29, 0.717) is 35.6 Å². The standard InChI is InChI=1S/C13H14ClN3O2/c1-7-12(14)8(9-6-11(15)17(2)16-9)5-10-13(7)19-4-3-18-10/h5-6H,3-4,15H2,1-2H3. The Morgan fingerprint density at radius 1 is 1.32 bits per heavy atom. The van der Waals surface area contributed by atoms with E-state index in [1.165, 1.54) is 0 Å². The second-order valence-corrected chi connectivity index (χ2v) is 4.84. The van der Waals surface area contributed by atoms with Crippen LogP contribution in [0.2, 0.25) is 5.02 Å². The van der Waals surface area contributed by atoms with Gasteiger partial charge in [-0.05, 0) is 13.0 Å². The third-order valence-corrected chi connectivity index (χ3v) is 3.67. The summed E-state index contributed by atoms with van der Waals surface area (Å²) in [5.74, 6) is 2.00. The van der Waals surface area contributed by atoms with Crippen LogP contribution in [-0.4, -0.2) is 23.0 Å². The summed E-state index contributed by atoms with van der Waals surface area (Å²) in [4.78, 5) is 0. The number of benzene rings is 1. The van der Waals surface area contributed by atoms with Gasteiger partial charge in [-0.15, -0.1) is 0 Å². The summed E-state index contributed by atoms with van der Waals surface area (Å²) in [6.07, 6.45) is 0. The lowest BCUT2D eigenvalue weighted by atomic mass is 10.1. The van der Waals surface area contributed by atoms with Gasteiger partial charge in [0.25, 0.3) is 0 Å². The molecule has 19 heavy (non-hydrogen) atoms. The zero-order chi connectivity index (χ0) is 13.6. The van der Waals surface area contributed by atoms with Crippen LogP contribution in [0.5, 0.6) is 11.5 Å². The minimum absolute atomic E-state index is 0.540. The van der Waals surface area contributed by atoms with Crippen LogP contribution in [0.1, 0.15) is 5.56 Å². The summed E-state index contributed by atoms with van der Waals surface area (Å²) in [7, 11) is 1.79. The summed E-state index contributed by atoms with van der Waals surface area (Å²) in [5, 5.41) is 4.96. The van der Waals surface area contributed by atoms with E-state index in [4.69, 9.17) is 26.8 Å². The Hall–Kier alpha value is -1.88. The molecule has 0 spiro atoms. The fraction of sp³-hybridized carbons (Fsp3) is 0.308. The molecule has 100 valence electrons. The second kappa shape index (κ2) is 4.35. The van der Waals surface area contributed by atoms with E-state index < -0.39 is 0 Å². The van der Waals surface area contributed by atoms with Gasteiger partial charge in [0.05, 0.1) is 10.7 Å². The highest BCUT2D eigenvalue weighted by Crippen LogP contribution is 2.43. The van der Waals surface area contributed by atoms with Crippen molar-refractivity contribution in [2.45, 2.75) is 6.92 Å². The highest BCUT2D eigenvalue weighted by atomic mass is 35.5. The minimum atomic E-state index is 0.540. The first-order valence-corrected chi connectivity index (χ1v) is 6.34. The summed E-state index contributed by atoms with van der Waals surface area (Å²) in [6.45, 7) is 2.99. The normalized spacial score (nSPS) is 13.6. The van der Waals surface area contributed by atoms with Crippen LogP contribution in [0.15, 0.2) is 12.1 Å². The highest BCUT2D eigenvalue weighted by Gasteiger charge is 2.21. The van der Waals surface area contributed by atoms with Crippen LogP contribution in [0.4, 0.5) is 5.82 Å². The first-order valence-electron chi connectivity index (χ1n) is 5.96. The van der Waals surface area contributed by atoms with Crippen molar-refractivity contribution in [2.24, 2.45) is 7.05 Å². The van der Waals surface area contributed by atoms with Crippen molar-refractivity contribution >= 4 is 17.4 Å². The zero-order valence-electron chi connectivity index (χ0n) is 10.7. The van der Waals surface area contributed by atoms with Gasteiger partial charge in [-0.2, -0.15) is 5.10 Å². The van der Waals surface area contributed by atoms with E-state index in [0.717, 1.165) is 16.8 Å². The van der Waals surface area contributed by atoms with Crippen LogP contribution < -0.4 is 15.2 Å². The fourth-order valence-corrected chi connectivity index (χ4v) is 2.37. The fourth-order valence-electron chi connectivity index (χ4n) is 2.13. The molecule has 2 aromatic rings. The molecule has 0 amide bonds. The van der Waals surface area contributed by atoms with Crippen molar-refractivity contribution in [1.82, 2.24) is 9.78 Å². The van der Waals surface area contributed by atoms with Crippen molar-refractivity contribution in [2.75, 3.05) is 18.9 Å². The maximum absolute atomic E-state index is 6.40. The summed E-state index contributed by atoms with van der Waals surface area (Å²) < 4.78 is 12.8. The van der Waals surface area contributed by atoms with Crippen molar-refractivity contribution in [3.63, 3.8) is 0 Å². The van der Waals surface area contributed by atoms with Crippen LogP contribution in [0.3, 0.4) is 0 Å². The van der Waals surface area contributed by atoms with E-state index in [2.05, 4.69) is 5.10 Å². The molecule has 2 N–H and O–H groups in total. The summed E-state index contributed by atoms with van der Waals surface area (Å²) in [6, 6.07) is 3.64. The maximum atomic E-state index is 6.40. The highest BCUT2D eigenvalue weighted by molar-refractivity contribution is 6.34. The molecule has 1 aliphatic heterocycles. The van der Waals surface area contributed by atoms with Gasteiger partial charge in [-0.3, -0.25) is 4.68 Å². The molecule has 0 aliphatic carbocycles. The number of aryl methyl sites for hydroxylation is 1. The van der Waals surface area contributed by atoms with E-state index in [9.17, 15) is 0 Å². The number of ether oxygens (including phenoxy) is 2. The Morgan fingerprint density at radius 2 is 2.05 bits per heavy atom. The zero-order valence-corrected chi connectivity index (χ0v) is 11.5. The Kier molecular flexibility index (Phi) is 2.78. The molecule has 0 saturated heterocycles. The molecule has 1 aliphatic rings. The monoisotopic (exact) mass is 279 g/mol. The maximum Gasteiger partial charge on any atom is 0.165 e. The van der Waals surface area contributed by atoms with Crippen molar-refractivity contribution in [3.8, 4) is 22.8 Å². The Balaban J connectivity index is 2.19. The molecule has 3 rings (SSSR count). The Labute approximate surface area is 115 Å². The van der Waals surface area contributed by atoms with Gasteiger partial charge < -0.3 is 15.2 Å². The van der Waals surface area contributed by atoms with Crippen LogP contribution in [-0.2, 0) is 7.05 Å². The number of nitrogens with zero attached hydrogens (tertiary/aromatic N) is 2. The number of anilines is 1.